The minimum Gasteiger partial charge on any atom is -0.463 e. The first-order valence-electron chi connectivity index (χ1n) is 8.26. The molecule has 0 fully saturated rings. The molecule has 0 aliphatic heterocycles. The van der Waals surface area contributed by atoms with Crippen LogP contribution >= 0.6 is 22.6 Å². The molecule has 22 heavy (non-hydrogen) atoms. The van der Waals surface area contributed by atoms with Gasteiger partial charge in [-0.3, -0.25) is 4.79 Å². The zero-order valence-electron chi connectivity index (χ0n) is 13.8. The Morgan fingerprint density at radius 1 is 0.773 bits per heavy atom. The molecular formula is C16H31IO5. The summed E-state index contributed by atoms with van der Waals surface area (Å²) < 4.78 is 22.0. The average molecular weight is 430 g/mol. The van der Waals surface area contributed by atoms with Crippen LogP contribution in [0.1, 0.15) is 45.4 Å². The van der Waals surface area contributed by atoms with Gasteiger partial charge in [-0.2, -0.15) is 0 Å². The minimum atomic E-state index is -0.122. The van der Waals surface area contributed by atoms with Crippen molar-refractivity contribution in [3.8, 4) is 0 Å². The van der Waals surface area contributed by atoms with E-state index >= 15 is 0 Å². The maximum absolute atomic E-state index is 11.4. The normalized spacial score (nSPS) is 10.8. The van der Waals surface area contributed by atoms with Crippen molar-refractivity contribution in [1.82, 2.24) is 0 Å². The highest BCUT2D eigenvalue weighted by Crippen LogP contribution is 2.05. The summed E-state index contributed by atoms with van der Waals surface area (Å²) in [7, 11) is 0. The molecular weight excluding hydrogens is 399 g/mol. The van der Waals surface area contributed by atoms with Crippen LogP contribution in [0.25, 0.3) is 0 Å². The highest BCUT2D eigenvalue weighted by Gasteiger charge is 2.02. The Hall–Kier alpha value is 0.0800. The zero-order chi connectivity index (χ0) is 16.3. The van der Waals surface area contributed by atoms with Crippen LogP contribution in [-0.4, -0.2) is 56.6 Å². The van der Waals surface area contributed by atoms with Crippen molar-refractivity contribution in [2.75, 3.05) is 50.7 Å². The molecule has 0 rings (SSSR count). The predicted molar refractivity (Wildman–Crippen MR) is 95.7 cm³/mol. The van der Waals surface area contributed by atoms with E-state index in [2.05, 4.69) is 29.5 Å². The number of esters is 1. The fourth-order valence-corrected chi connectivity index (χ4v) is 2.07. The first kappa shape index (κ1) is 22.1. The molecule has 0 saturated heterocycles. The lowest BCUT2D eigenvalue weighted by Gasteiger charge is -2.07. The van der Waals surface area contributed by atoms with E-state index in [0.717, 1.165) is 23.9 Å². The lowest BCUT2D eigenvalue weighted by molar-refractivity contribution is -0.145. The number of halogens is 1. The third-order valence-electron chi connectivity index (χ3n) is 2.94. The van der Waals surface area contributed by atoms with Gasteiger partial charge < -0.3 is 18.9 Å². The Kier molecular flexibility index (Phi) is 19.2. The zero-order valence-corrected chi connectivity index (χ0v) is 16.0. The van der Waals surface area contributed by atoms with E-state index in [4.69, 9.17) is 18.9 Å². The highest BCUT2D eigenvalue weighted by molar-refractivity contribution is 14.1. The second kappa shape index (κ2) is 19.1. The van der Waals surface area contributed by atoms with Crippen LogP contribution < -0.4 is 0 Å². The van der Waals surface area contributed by atoms with E-state index in [1.807, 2.05) is 0 Å². The van der Waals surface area contributed by atoms with E-state index < -0.39 is 0 Å². The van der Waals surface area contributed by atoms with Gasteiger partial charge >= 0.3 is 5.97 Å². The largest absolute Gasteiger partial charge is 0.463 e. The number of rotatable bonds is 17. The molecule has 0 spiro atoms. The van der Waals surface area contributed by atoms with Crippen LogP contribution in [0, 0.1) is 0 Å². The van der Waals surface area contributed by atoms with Crippen molar-refractivity contribution >= 4 is 28.6 Å². The fourth-order valence-electron chi connectivity index (χ4n) is 1.76. The van der Waals surface area contributed by atoms with Gasteiger partial charge in [-0.1, -0.05) is 55.2 Å². The van der Waals surface area contributed by atoms with Gasteiger partial charge in [0.15, 0.2) is 0 Å². The van der Waals surface area contributed by atoms with Crippen LogP contribution in [0.2, 0.25) is 0 Å². The Morgan fingerprint density at radius 3 is 1.91 bits per heavy atom. The lowest BCUT2D eigenvalue weighted by Crippen LogP contribution is -2.14. The van der Waals surface area contributed by atoms with E-state index in [9.17, 15) is 4.79 Å². The molecule has 0 unspecified atom stereocenters. The molecule has 0 radical (unpaired) electrons. The number of unbranched alkanes of at least 4 members (excludes halogenated alkanes) is 4. The molecule has 0 aromatic carbocycles. The third-order valence-corrected chi connectivity index (χ3v) is 3.38. The Morgan fingerprint density at radius 2 is 1.32 bits per heavy atom. The summed E-state index contributed by atoms with van der Waals surface area (Å²) in [5.74, 6) is -0.122. The van der Waals surface area contributed by atoms with E-state index in [1.165, 1.54) is 19.3 Å². The maximum Gasteiger partial charge on any atom is 0.305 e. The first-order valence-corrected chi connectivity index (χ1v) is 9.78. The van der Waals surface area contributed by atoms with Crippen molar-refractivity contribution < 1.29 is 23.7 Å². The molecule has 0 heterocycles. The first-order chi connectivity index (χ1) is 10.8. The van der Waals surface area contributed by atoms with Crippen LogP contribution in [-0.2, 0) is 23.7 Å². The van der Waals surface area contributed by atoms with Crippen molar-refractivity contribution in [2.24, 2.45) is 0 Å². The molecule has 5 nitrogen and oxygen atoms in total. The number of hydrogen-bond donors (Lipinski definition) is 0. The van der Waals surface area contributed by atoms with Crippen LogP contribution in [0.3, 0.4) is 0 Å². The molecule has 0 bridgehead atoms. The summed E-state index contributed by atoms with van der Waals surface area (Å²) in [5.41, 5.74) is 0. The van der Waals surface area contributed by atoms with Crippen molar-refractivity contribution in [2.45, 2.75) is 45.4 Å². The molecule has 0 amide bonds. The summed E-state index contributed by atoms with van der Waals surface area (Å²) in [6, 6.07) is 0. The molecule has 132 valence electrons. The molecule has 0 aliphatic rings. The number of carbonyl (C=O) groups excluding carboxylic acids is 1. The highest BCUT2D eigenvalue weighted by atomic mass is 127. The number of hydrogen-bond acceptors (Lipinski definition) is 5. The third kappa shape index (κ3) is 18.1. The van der Waals surface area contributed by atoms with Gasteiger partial charge in [0, 0.05) is 10.8 Å². The van der Waals surface area contributed by atoms with Gasteiger partial charge in [0.2, 0.25) is 0 Å². The second-order valence-corrected chi connectivity index (χ2v) is 5.99. The van der Waals surface area contributed by atoms with Gasteiger partial charge in [-0.05, 0) is 6.42 Å². The number of alkyl halides is 1. The smallest absolute Gasteiger partial charge is 0.305 e. The summed E-state index contributed by atoms with van der Waals surface area (Å²) in [6.45, 7) is 5.97. The van der Waals surface area contributed by atoms with Crippen LogP contribution in [0.15, 0.2) is 0 Å². The SMILES string of the molecule is CCCCCCCC(=O)OCCOCCOCCOCCI. The summed E-state index contributed by atoms with van der Waals surface area (Å²) in [4.78, 5) is 11.4. The van der Waals surface area contributed by atoms with Crippen molar-refractivity contribution in [3.05, 3.63) is 0 Å². The number of carbonyl (C=O) groups is 1. The van der Waals surface area contributed by atoms with Gasteiger partial charge in [0.05, 0.1) is 39.6 Å². The molecule has 0 atom stereocenters. The maximum atomic E-state index is 11.4. The Balaban J connectivity index is 3.10. The molecule has 0 saturated carbocycles. The van der Waals surface area contributed by atoms with Crippen LogP contribution in [0.4, 0.5) is 0 Å². The van der Waals surface area contributed by atoms with E-state index in [1.54, 1.807) is 0 Å². The molecule has 6 heteroatoms. The van der Waals surface area contributed by atoms with Gasteiger partial charge in [0.1, 0.15) is 6.61 Å². The van der Waals surface area contributed by atoms with Crippen LogP contribution in [0.5, 0.6) is 0 Å². The molecule has 0 aromatic heterocycles. The van der Waals surface area contributed by atoms with Gasteiger partial charge in [0.25, 0.3) is 0 Å². The van der Waals surface area contributed by atoms with E-state index in [0.29, 0.717) is 46.1 Å². The second-order valence-electron chi connectivity index (χ2n) is 4.91. The minimum absolute atomic E-state index is 0.122. The lowest BCUT2D eigenvalue weighted by atomic mass is 10.1. The monoisotopic (exact) mass is 430 g/mol. The quantitative estimate of drug-likeness (QED) is 0.153. The Labute approximate surface area is 148 Å². The average Bonchev–Trinajstić information content (AvgIpc) is 2.52. The number of ether oxygens (including phenoxy) is 4. The molecule has 0 aliphatic carbocycles. The van der Waals surface area contributed by atoms with E-state index in [-0.39, 0.29) is 5.97 Å². The summed E-state index contributed by atoms with van der Waals surface area (Å²) in [5, 5.41) is 0. The van der Waals surface area contributed by atoms with Crippen molar-refractivity contribution in [1.29, 1.82) is 0 Å². The Bertz CT molecular complexity index is 239. The van der Waals surface area contributed by atoms with Crippen molar-refractivity contribution in [3.63, 3.8) is 0 Å². The fraction of sp³-hybridized carbons (Fsp3) is 0.938. The molecule has 0 N–H and O–H groups in total. The van der Waals surface area contributed by atoms with Gasteiger partial charge in [-0.25, -0.2) is 0 Å². The summed E-state index contributed by atoms with van der Waals surface area (Å²) in [6.07, 6.45) is 6.22. The topological polar surface area (TPSA) is 54.0 Å². The summed E-state index contributed by atoms with van der Waals surface area (Å²) >= 11 is 2.27. The predicted octanol–water partition coefficient (Wildman–Crippen LogP) is 3.37. The molecule has 0 aromatic rings. The van der Waals surface area contributed by atoms with Gasteiger partial charge in [-0.15, -0.1) is 0 Å². The standard InChI is InChI=1S/C16H31IO5/c1-2-3-4-5-6-7-16(18)22-15-14-21-13-12-20-11-10-19-9-8-17/h2-15H2,1H3.